The minimum absolute atomic E-state index is 0.285. The molecule has 0 aromatic heterocycles. The van der Waals surface area contributed by atoms with Crippen LogP contribution in [-0.4, -0.2) is 27.5 Å². The summed E-state index contributed by atoms with van der Waals surface area (Å²) < 4.78 is 0. The van der Waals surface area contributed by atoms with E-state index in [0.717, 1.165) is 0 Å². The van der Waals surface area contributed by atoms with Crippen LogP contribution in [0.1, 0.15) is 0 Å². The lowest BCUT2D eigenvalue weighted by Crippen LogP contribution is -2.47. The summed E-state index contributed by atoms with van der Waals surface area (Å²) in [5.74, 6) is 0. The molecule has 0 bridgehead atoms. The Morgan fingerprint density at radius 2 is 1.80 bits per heavy atom. The highest BCUT2D eigenvalue weighted by molar-refractivity contribution is 5.96. The van der Waals surface area contributed by atoms with E-state index in [4.69, 9.17) is 10.2 Å². The molecule has 0 unspecified atom stereocenters. The number of anilines is 2. The lowest BCUT2D eigenvalue weighted by atomic mass is 10.3. The maximum Gasteiger partial charge on any atom is 0.446 e. The molecule has 2 amide bonds. The minimum Gasteiger partial charge on any atom is -0.463 e. The van der Waals surface area contributed by atoms with Crippen molar-refractivity contribution in [2.24, 2.45) is 0 Å². The van der Waals surface area contributed by atoms with Gasteiger partial charge in [0, 0.05) is 0 Å². The van der Waals surface area contributed by atoms with Crippen LogP contribution in [-0.2, 0) is 0 Å². The molecule has 0 atom stereocenters. The van der Waals surface area contributed by atoms with Crippen LogP contribution < -0.4 is 10.4 Å². The zero-order valence-electron chi connectivity index (χ0n) is 7.41. The molecular formula is C8H7N3O4. The smallest absolute Gasteiger partial charge is 0.446 e. The summed E-state index contributed by atoms with van der Waals surface area (Å²) in [7, 11) is 0. The van der Waals surface area contributed by atoms with Crippen LogP contribution in [0.3, 0.4) is 0 Å². The molecule has 1 aromatic carbocycles. The van der Waals surface area contributed by atoms with E-state index < -0.39 is 12.2 Å². The summed E-state index contributed by atoms with van der Waals surface area (Å²) in [5.41, 5.74) is 3.16. The SMILES string of the molecule is O=C(O)N1Nc2ccccc2N1C(=O)O. The van der Waals surface area contributed by atoms with Gasteiger partial charge in [-0.15, -0.1) is 5.12 Å². The number of hydrazine groups is 2. The third-order valence-electron chi connectivity index (χ3n) is 1.92. The Balaban J connectivity index is 2.46. The van der Waals surface area contributed by atoms with E-state index in [2.05, 4.69) is 5.43 Å². The summed E-state index contributed by atoms with van der Waals surface area (Å²) in [6.07, 6.45) is -2.76. The number of benzene rings is 1. The number of nitrogens with one attached hydrogen (secondary N) is 1. The summed E-state index contributed by atoms with van der Waals surface area (Å²) in [5, 5.41) is 18.8. The molecule has 0 fully saturated rings. The number of amides is 2. The molecule has 0 spiro atoms. The Morgan fingerprint density at radius 1 is 1.13 bits per heavy atom. The number of carbonyl (C=O) groups is 2. The molecule has 0 saturated carbocycles. The van der Waals surface area contributed by atoms with Gasteiger partial charge in [-0.2, -0.15) is 5.01 Å². The lowest BCUT2D eigenvalue weighted by molar-refractivity contribution is 0.143. The third kappa shape index (κ3) is 1.30. The highest BCUT2D eigenvalue weighted by Crippen LogP contribution is 2.33. The first kappa shape index (κ1) is 9.13. The number of hydrogen-bond donors (Lipinski definition) is 3. The fourth-order valence-electron chi connectivity index (χ4n) is 1.35. The average molecular weight is 209 g/mol. The van der Waals surface area contributed by atoms with E-state index in [9.17, 15) is 9.59 Å². The minimum atomic E-state index is -1.39. The van der Waals surface area contributed by atoms with Gasteiger partial charge >= 0.3 is 12.2 Å². The topological polar surface area (TPSA) is 93.1 Å². The van der Waals surface area contributed by atoms with E-state index in [1.54, 1.807) is 18.2 Å². The molecular weight excluding hydrogens is 202 g/mol. The molecule has 0 saturated heterocycles. The van der Waals surface area contributed by atoms with Gasteiger partial charge in [0.2, 0.25) is 0 Å². The molecule has 7 heteroatoms. The van der Waals surface area contributed by atoms with Crippen molar-refractivity contribution in [2.45, 2.75) is 0 Å². The van der Waals surface area contributed by atoms with Crippen molar-refractivity contribution in [3.63, 3.8) is 0 Å². The highest BCUT2D eigenvalue weighted by Gasteiger charge is 2.35. The fraction of sp³-hybridized carbons (Fsp3) is 0. The van der Waals surface area contributed by atoms with Gasteiger partial charge in [0.1, 0.15) is 0 Å². The van der Waals surface area contributed by atoms with E-state index in [0.29, 0.717) is 15.8 Å². The van der Waals surface area contributed by atoms with Gasteiger partial charge in [-0.1, -0.05) is 12.1 Å². The van der Waals surface area contributed by atoms with Crippen LogP contribution in [0.2, 0.25) is 0 Å². The van der Waals surface area contributed by atoms with E-state index in [-0.39, 0.29) is 5.69 Å². The van der Waals surface area contributed by atoms with Crippen LogP contribution >= 0.6 is 0 Å². The molecule has 1 aromatic rings. The van der Waals surface area contributed by atoms with Gasteiger partial charge in [0.25, 0.3) is 0 Å². The number of nitrogens with zero attached hydrogens (tertiary/aromatic N) is 2. The van der Waals surface area contributed by atoms with Gasteiger partial charge < -0.3 is 10.2 Å². The standard InChI is InChI=1S/C8H7N3O4/c12-7(13)10-6-4-2-1-3-5(6)9-11(10)8(14)15/h1-4,9H,(H,12,13)(H,14,15). The normalized spacial score (nSPS) is 13.3. The monoisotopic (exact) mass is 209 g/mol. The maximum absolute atomic E-state index is 10.9. The van der Waals surface area contributed by atoms with Gasteiger partial charge in [-0.05, 0) is 12.1 Å². The van der Waals surface area contributed by atoms with Crippen molar-refractivity contribution in [1.29, 1.82) is 0 Å². The fourth-order valence-corrected chi connectivity index (χ4v) is 1.35. The molecule has 15 heavy (non-hydrogen) atoms. The molecule has 1 aliphatic heterocycles. The van der Waals surface area contributed by atoms with Crippen molar-refractivity contribution in [2.75, 3.05) is 10.4 Å². The van der Waals surface area contributed by atoms with Crippen LogP contribution in [0, 0.1) is 0 Å². The second kappa shape index (κ2) is 3.05. The van der Waals surface area contributed by atoms with Crippen LogP contribution in [0.25, 0.3) is 0 Å². The number of carboxylic acid groups (broad SMARTS) is 2. The van der Waals surface area contributed by atoms with Crippen molar-refractivity contribution in [1.82, 2.24) is 5.12 Å². The van der Waals surface area contributed by atoms with Crippen molar-refractivity contribution in [3.05, 3.63) is 24.3 Å². The lowest BCUT2D eigenvalue weighted by Gasteiger charge is -2.20. The first-order chi connectivity index (χ1) is 7.11. The Labute approximate surface area is 84.1 Å². The van der Waals surface area contributed by atoms with Gasteiger partial charge in [0.05, 0.1) is 11.4 Å². The van der Waals surface area contributed by atoms with Crippen LogP contribution in [0.5, 0.6) is 0 Å². The average Bonchev–Trinajstić information content (AvgIpc) is 2.56. The van der Waals surface area contributed by atoms with Crippen molar-refractivity contribution in [3.8, 4) is 0 Å². The molecule has 0 radical (unpaired) electrons. The summed E-state index contributed by atoms with van der Waals surface area (Å²) in [6.45, 7) is 0. The first-order valence-electron chi connectivity index (χ1n) is 4.03. The maximum atomic E-state index is 10.9. The number of rotatable bonds is 0. The Kier molecular flexibility index (Phi) is 1.86. The van der Waals surface area contributed by atoms with Crippen LogP contribution in [0.15, 0.2) is 24.3 Å². The zero-order chi connectivity index (χ0) is 11.0. The quantitative estimate of drug-likeness (QED) is 0.600. The Bertz CT molecular complexity index is 434. The van der Waals surface area contributed by atoms with Crippen molar-refractivity contribution < 1.29 is 19.8 Å². The summed E-state index contributed by atoms with van der Waals surface area (Å²) >= 11 is 0. The number of fused-ring (bicyclic) bond motifs is 1. The highest BCUT2D eigenvalue weighted by atomic mass is 16.4. The molecule has 0 aliphatic carbocycles. The molecule has 3 N–H and O–H groups in total. The van der Waals surface area contributed by atoms with E-state index in [1.165, 1.54) is 6.07 Å². The Hall–Kier alpha value is -2.44. The summed E-state index contributed by atoms with van der Waals surface area (Å²) in [4.78, 5) is 21.6. The molecule has 1 aliphatic rings. The molecule has 7 nitrogen and oxygen atoms in total. The molecule has 1 heterocycles. The first-order valence-corrected chi connectivity index (χ1v) is 4.03. The zero-order valence-corrected chi connectivity index (χ0v) is 7.41. The molecule has 2 rings (SSSR count). The predicted octanol–water partition coefficient (Wildman–Crippen LogP) is 1.41. The largest absolute Gasteiger partial charge is 0.463 e. The van der Waals surface area contributed by atoms with E-state index in [1.807, 2.05) is 0 Å². The van der Waals surface area contributed by atoms with Gasteiger partial charge in [-0.3, -0.25) is 5.43 Å². The van der Waals surface area contributed by atoms with Crippen molar-refractivity contribution >= 4 is 23.6 Å². The Morgan fingerprint density at radius 3 is 2.40 bits per heavy atom. The summed E-state index contributed by atoms with van der Waals surface area (Å²) in [6, 6.07) is 6.41. The number of hydrogen-bond acceptors (Lipinski definition) is 3. The van der Waals surface area contributed by atoms with Gasteiger partial charge in [0.15, 0.2) is 0 Å². The van der Waals surface area contributed by atoms with Gasteiger partial charge in [-0.25, -0.2) is 9.59 Å². The molecule has 78 valence electrons. The van der Waals surface area contributed by atoms with E-state index >= 15 is 0 Å². The predicted molar refractivity (Wildman–Crippen MR) is 50.4 cm³/mol. The number of para-hydroxylation sites is 2. The second-order valence-corrected chi connectivity index (χ2v) is 2.82. The van der Waals surface area contributed by atoms with Crippen LogP contribution in [0.4, 0.5) is 21.0 Å². The third-order valence-corrected chi connectivity index (χ3v) is 1.92. The second-order valence-electron chi connectivity index (χ2n) is 2.82.